The normalized spacial score (nSPS) is 11.9. The number of aliphatic carboxylic acids is 1. The zero-order chi connectivity index (χ0) is 13.0. The van der Waals surface area contributed by atoms with Crippen molar-refractivity contribution in [3.8, 4) is 0 Å². The molecule has 0 aromatic heterocycles. The summed E-state index contributed by atoms with van der Waals surface area (Å²) in [6, 6.07) is 2.80. The van der Waals surface area contributed by atoms with E-state index in [2.05, 4.69) is 21.2 Å². The van der Waals surface area contributed by atoms with Crippen molar-refractivity contribution in [1.29, 1.82) is 0 Å². The summed E-state index contributed by atoms with van der Waals surface area (Å²) in [5.41, 5.74) is 0.206. The van der Waals surface area contributed by atoms with E-state index in [1.165, 1.54) is 12.1 Å². The van der Waals surface area contributed by atoms with Gasteiger partial charge in [-0.2, -0.15) is 0 Å². The van der Waals surface area contributed by atoms with Crippen molar-refractivity contribution in [3.05, 3.63) is 34.1 Å². The van der Waals surface area contributed by atoms with Crippen LogP contribution in [0.15, 0.2) is 22.7 Å². The smallest absolute Gasteiger partial charge is 0.326 e. The van der Waals surface area contributed by atoms with Gasteiger partial charge in [0, 0.05) is 5.56 Å². The van der Waals surface area contributed by atoms with Gasteiger partial charge in [-0.25, -0.2) is 9.18 Å². The number of carboxylic acid groups (broad SMARTS) is 1. The number of hydrogen-bond donors (Lipinski definition) is 2. The maximum atomic E-state index is 12.9. The lowest BCUT2D eigenvalue weighted by Crippen LogP contribution is -2.40. The van der Waals surface area contributed by atoms with Crippen LogP contribution in [-0.4, -0.2) is 23.0 Å². The molecule has 0 bridgehead atoms. The average molecular weight is 304 g/mol. The number of halogens is 2. The number of carbonyl (C=O) groups is 2. The molecule has 4 nitrogen and oxygen atoms in total. The minimum absolute atomic E-state index is 0.161. The maximum absolute atomic E-state index is 12.9. The third-order valence-corrected chi connectivity index (χ3v) is 2.80. The third kappa shape index (κ3) is 3.52. The van der Waals surface area contributed by atoms with Gasteiger partial charge in [-0.1, -0.05) is 6.92 Å². The van der Waals surface area contributed by atoms with Crippen LogP contribution in [0.5, 0.6) is 0 Å². The van der Waals surface area contributed by atoms with Crippen LogP contribution in [0.25, 0.3) is 0 Å². The third-order valence-electron chi connectivity index (χ3n) is 2.19. The largest absolute Gasteiger partial charge is 0.480 e. The Morgan fingerprint density at radius 2 is 2.18 bits per heavy atom. The molecular weight excluding hydrogens is 293 g/mol. The van der Waals surface area contributed by atoms with Crippen LogP contribution in [-0.2, 0) is 4.79 Å². The molecule has 92 valence electrons. The molecule has 0 heterocycles. The van der Waals surface area contributed by atoms with Gasteiger partial charge >= 0.3 is 5.97 Å². The molecule has 0 fully saturated rings. The first-order valence-electron chi connectivity index (χ1n) is 4.94. The van der Waals surface area contributed by atoms with E-state index in [9.17, 15) is 14.0 Å². The Morgan fingerprint density at radius 3 is 2.65 bits per heavy atom. The van der Waals surface area contributed by atoms with Crippen molar-refractivity contribution in [3.63, 3.8) is 0 Å². The fraction of sp³-hybridized carbons (Fsp3) is 0.273. The Morgan fingerprint density at radius 1 is 1.53 bits per heavy atom. The Labute approximate surface area is 106 Å². The topological polar surface area (TPSA) is 66.4 Å². The summed E-state index contributed by atoms with van der Waals surface area (Å²) in [6.45, 7) is 1.65. The molecule has 1 rings (SSSR count). The van der Waals surface area contributed by atoms with Crippen LogP contribution in [0.3, 0.4) is 0 Å². The minimum Gasteiger partial charge on any atom is -0.480 e. The fourth-order valence-electron chi connectivity index (χ4n) is 1.22. The van der Waals surface area contributed by atoms with E-state index in [0.29, 0.717) is 0 Å². The molecule has 2 N–H and O–H groups in total. The predicted octanol–water partition coefficient (Wildman–Crippen LogP) is 2.18. The molecule has 1 aromatic rings. The Balaban J connectivity index is 2.82. The monoisotopic (exact) mass is 303 g/mol. The summed E-state index contributed by atoms with van der Waals surface area (Å²) in [5, 5.41) is 11.1. The molecule has 6 heteroatoms. The van der Waals surface area contributed by atoms with Crippen LogP contribution in [0.2, 0.25) is 0 Å². The standard InChI is InChI=1S/C11H11BrFNO3/c1-2-9(11(16)17)14-10(15)6-3-4-8(13)7(12)5-6/h3-5,9H,2H2,1H3,(H,14,15)(H,16,17)/t9-/m0/s1. The molecule has 0 unspecified atom stereocenters. The SMILES string of the molecule is CC[C@H](NC(=O)c1ccc(F)c(Br)c1)C(=O)O. The Hall–Kier alpha value is -1.43. The minimum atomic E-state index is -1.10. The van der Waals surface area contributed by atoms with Gasteiger partial charge in [0.1, 0.15) is 11.9 Å². The highest BCUT2D eigenvalue weighted by atomic mass is 79.9. The van der Waals surface area contributed by atoms with E-state index in [1.807, 2.05) is 0 Å². The summed E-state index contributed by atoms with van der Waals surface area (Å²) in [5.74, 6) is -2.12. The predicted molar refractivity (Wildman–Crippen MR) is 63.3 cm³/mol. The van der Waals surface area contributed by atoms with Gasteiger partial charge in [0.15, 0.2) is 0 Å². The van der Waals surface area contributed by atoms with Crippen LogP contribution in [0.4, 0.5) is 4.39 Å². The molecule has 0 saturated heterocycles. The summed E-state index contributed by atoms with van der Waals surface area (Å²) in [7, 11) is 0. The molecule has 0 radical (unpaired) electrons. The quantitative estimate of drug-likeness (QED) is 0.896. The number of carbonyl (C=O) groups excluding carboxylic acids is 1. The first-order valence-corrected chi connectivity index (χ1v) is 5.73. The second-order valence-corrected chi connectivity index (χ2v) is 4.26. The van der Waals surface area contributed by atoms with Gasteiger partial charge in [-0.05, 0) is 40.5 Å². The zero-order valence-corrected chi connectivity index (χ0v) is 10.6. The zero-order valence-electron chi connectivity index (χ0n) is 9.04. The molecule has 1 atom stereocenters. The molecule has 0 aliphatic rings. The van der Waals surface area contributed by atoms with Crippen molar-refractivity contribution < 1.29 is 19.1 Å². The number of rotatable bonds is 4. The number of hydrogen-bond acceptors (Lipinski definition) is 2. The van der Waals surface area contributed by atoms with Gasteiger partial charge in [-0.3, -0.25) is 4.79 Å². The summed E-state index contributed by atoms with van der Waals surface area (Å²) < 4.78 is 13.1. The summed E-state index contributed by atoms with van der Waals surface area (Å²) in [4.78, 5) is 22.4. The summed E-state index contributed by atoms with van der Waals surface area (Å²) >= 11 is 2.96. The Bertz CT molecular complexity index is 450. The van der Waals surface area contributed by atoms with Crippen molar-refractivity contribution in [2.75, 3.05) is 0 Å². The lowest BCUT2D eigenvalue weighted by Gasteiger charge is -2.12. The van der Waals surface area contributed by atoms with E-state index in [-0.39, 0.29) is 16.5 Å². The molecule has 0 aliphatic heterocycles. The van der Waals surface area contributed by atoms with Gasteiger partial charge in [0.25, 0.3) is 5.91 Å². The lowest BCUT2D eigenvalue weighted by molar-refractivity contribution is -0.139. The van der Waals surface area contributed by atoms with Gasteiger partial charge in [0.2, 0.25) is 0 Å². The molecule has 1 amide bonds. The molecule has 0 saturated carbocycles. The molecule has 1 aromatic carbocycles. The van der Waals surface area contributed by atoms with E-state index in [4.69, 9.17) is 5.11 Å². The second-order valence-electron chi connectivity index (χ2n) is 3.40. The number of amides is 1. The average Bonchev–Trinajstić information content (AvgIpc) is 2.28. The van der Waals surface area contributed by atoms with E-state index in [0.717, 1.165) is 6.07 Å². The van der Waals surface area contributed by atoms with E-state index >= 15 is 0 Å². The summed E-state index contributed by atoms with van der Waals surface area (Å²) in [6.07, 6.45) is 0.281. The molecule has 0 aliphatic carbocycles. The molecular formula is C11H11BrFNO3. The van der Waals surface area contributed by atoms with Crippen LogP contribution in [0.1, 0.15) is 23.7 Å². The van der Waals surface area contributed by atoms with E-state index in [1.54, 1.807) is 6.92 Å². The molecule has 17 heavy (non-hydrogen) atoms. The number of benzene rings is 1. The van der Waals surface area contributed by atoms with Gasteiger partial charge < -0.3 is 10.4 Å². The van der Waals surface area contributed by atoms with Crippen molar-refractivity contribution in [2.24, 2.45) is 0 Å². The number of carboxylic acids is 1. The van der Waals surface area contributed by atoms with Crippen molar-refractivity contribution in [2.45, 2.75) is 19.4 Å². The highest BCUT2D eigenvalue weighted by Crippen LogP contribution is 2.16. The van der Waals surface area contributed by atoms with Crippen molar-refractivity contribution >= 4 is 27.8 Å². The highest BCUT2D eigenvalue weighted by Gasteiger charge is 2.18. The maximum Gasteiger partial charge on any atom is 0.326 e. The highest BCUT2D eigenvalue weighted by molar-refractivity contribution is 9.10. The number of nitrogens with one attached hydrogen (secondary N) is 1. The second kappa shape index (κ2) is 5.77. The van der Waals surface area contributed by atoms with Gasteiger partial charge in [-0.15, -0.1) is 0 Å². The van der Waals surface area contributed by atoms with Crippen LogP contribution < -0.4 is 5.32 Å². The van der Waals surface area contributed by atoms with Gasteiger partial charge in [0.05, 0.1) is 4.47 Å². The van der Waals surface area contributed by atoms with E-state index < -0.39 is 23.7 Å². The Kier molecular flexibility index (Phi) is 4.62. The first-order chi connectivity index (χ1) is 7.95. The van der Waals surface area contributed by atoms with Crippen LogP contribution in [0, 0.1) is 5.82 Å². The van der Waals surface area contributed by atoms with Crippen molar-refractivity contribution in [1.82, 2.24) is 5.32 Å². The first kappa shape index (κ1) is 13.6. The molecule has 0 spiro atoms. The lowest BCUT2D eigenvalue weighted by atomic mass is 10.1. The fourth-order valence-corrected chi connectivity index (χ4v) is 1.60. The van der Waals surface area contributed by atoms with Crippen LogP contribution >= 0.6 is 15.9 Å².